The first-order chi connectivity index (χ1) is 6.22. The van der Waals surface area contributed by atoms with Gasteiger partial charge in [0.05, 0.1) is 17.5 Å². The van der Waals surface area contributed by atoms with Gasteiger partial charge in [0.2, 0.25) is 0 Å². The molecule has 13 heavy (non-hydrogen) atoms. The van der Waals surface area contributed by atoms with E-state index in [0.29, 0.717) is 5.57 Å². The van der Waals surface area contributed by atoms with Gasteiger partial charge in [-0.15, -0.1) is 0 Å². The molecule has 0 saturated heterocycles. The summed E-state index contributed by atoms with van der Waals surface area (Å²) in [6.07, 6.45) is 0.828. The quantitative estimate of drug-likeness (QED) is 0.540. The molecule has 0 atom stereocenters. The molecule has 0 aliphatic carbocycles. The molecule has 0 unspecified atom stereocenters. The van der Waals surface area contributed by atoms with Crippen LogP contribution in [0.2, 0.25) is 0 Å². The number of amides is 1. The summed E-state index contributed by atoms with van der Waals surface area (Å²) in [4.78, 5) is 11.2. The summed E-state index contributed by atoms with van der Waals surface area (Å²) in [6.45, 7) is 0. The van der Waals surface area contributed by atoms with Crippen molar-refractivity contribution in [2.24, 2.45) is 0 Å². The molecule has 3 nitrogen and oxygen atoms in total. The molecule has 0 spiro atoms. The van der Waals surface area contributed by atoms with Crippen LogP contribution >= 0.6 is 15.9 Å². The van der Waals surface area contributed by atoms with Crippen LogP contribution < -0.4 is 5.32 Å². The van der Waals surface area contributed by atoms with Crippen molar-refractivity contribution >= 4 is 33.1 Å². The number of halogens is 1. The lowest BCUT2D eigenvalue weighted by atomic mass is 10.1. The standard InChI is InChI=1S/C9H6BrNO2/c10-5-1-2-6-7(4-12)9(13)11-8(6)3-5/h1-4,12H,(H,11,13)/b7-4-. The normalized spacial score (nSPS) is 17.3. The van der Waals surface area contributed by atoms with E-state index < -0.39 is 0 Å². The number of aliphatic hydroxyl groups excluding tert-OH is 1. The lowest BCUT2D eigenvalue weighted by molar-refractivity contribution is -0.110. The van der Waals surface area contributed by atoms with Crippen LogP contribution in [-0.4, -0.2) is 11.0 Å². The third kappa shape index (κ3) is 1.23. The Labute approximate surface area is 83.2 Å². The first-order valence-electron chi connectivity index (χ1n) is 3.68. The molecule has 2 N–H and O–H groups in total. The van der Waals surface area contributed by atoms with Crippen LogP contribution in [0, 0.1) is 0 Å². The molecule has 1 heterocycles. The SMILES string of the molecule is O=C1Nc2cc(Br)ccc2/C1=C/O. The number of anilines is 1. The van der Waals surface area contributed by atoms with Crippen molar-refractivity contribution < 1.29 is 9.90 Å². The van der Waals surface area contributed by atoms with Crippen molar-refractivity contribution in [3.05, 3.63) is 34.5 Å². The largest absolute Gasteiger partial charge is 0.515 e. The van der Waals surface area contributed by atoms with Gasteiger partial charge in [-0.3, -0.25) is 4.79 Å². The van der Waals surface area contributed by atoms with Crippen molar-refractivity contribution in [1.29, 1.82) is 0 Å². The maximum absolute atomic E-state index is 11.2. The number of carbonyl (C=O) groups excluding carboxylic acids is 1. The Bertz CT molecular complexity index is 412. The van der Waals surface area contributed by atoms with Gasteiger partial charge < -0.3 is 10.4 Å². The van der Waals surface area contributed by atoms with Crippen molar-refractivity contribution in [3.63, 3.8) is 0 Å². The van der Waals surface area contributed by atoms with E-state index in [1.165, 1.54) is 0 Å². The van der Waals surface area contributed by atoms with E-state index >= 15 is 0 Å². The lowest BCUT2D eigenvalue weighted by Crippen LogP contribution is -2.03. The first-order valence-corrected chi connectivity index (χ1v) is 4.47. The van der Waals surface area contributed by atoms with Gasteiger partial charge in [-0.1, -0.05) is 22.0 Å². The Morgan fingerprint density at radius 1 is 1.46 bits per heavy atom. The van der Waals surface area contributed by atoms with Crippen molar-refractivity contribution in [2.75, 3.05) is 5.32 Å². The Hall–Kier alpha value is -1.29. The average Bonchev–Trinajstić information content (AvgIpc) is 2.39. The minimum absolute atomic E-state index is 0.268. The highest BCUT2D eigenvalue weighted by molar-refractivity contribution is 9.10. The van der Waals surface area contributed by atoms with Crippen molar-refractivity contribution in [2.45, 2.75) is 0 Å². The number of hydrogen-bond donors (Lipinski definition) is 2. The number of nitrogens with one attached hydrogen (secondary N) is 1. The summed E-state index contributed by atoms with van der Waals surface area (Å²) < 4.78 is 0.894. The molecule has 1 aliphatic heterocycles. The van der Waals surface area contributed by atoms with E-state index in [-0.39, 0.29) is 5.91 Å². The van der Waals surface area contributed by atoms with E-state index in [0.717, 1.165) is 22.0 Å². The number of fused-ring (bicyclic) bond motifs is 1. The summed E-state index contributed by atoms with van der Waals surface area (Å²) in [5.41, 5.74) is 1.76. The summed E-state index contributed by atoms with van der Waals surface area (Å²) >= 11 is 3.29. The van der Waals surface area contributed by atoms with Gasteiger partial charge in [-0.25, -0.2) is 0 Å². The minimum atomic E-state index is -0.268. The third-order valence-corrected chi connectivity index (χ3v) is 2.39. The predicted molar refractivity (Wildman–Crippen MR) is 53.4 cm³/mol. The van der Waals surface area contributed by atoms with Crippen molar-refractivity contribution in [1.82, 2.24) is 0 Å². The van der Waals surface area contributed by atoms with Gasteiger partial charge >= 0.3 is 0 Å². The summed E-state index contributed by atoms with van der Waals surface area (Å²) in [7, 11) is 0. The Morgan fingerprint density at radius 2 is 2.23 bits per heavy atom. The van der Waals surface area contributed by atoms with E-state index in [1.54, 1.807) is 12.1 Å². The van der Waals surface area contributed by atoms with Crippen LogP contribution in [0.1, 0.15) is 5.56 Å². The third-order valence-electron chi connectivity index (χ3n) is 1.89. The monoisotopic (exact) mass is 239 g/mol. The zero-order valence-electron chi connectivity index (χ0n) is 6.54. The topological polar surface area (TPSA) is 49.3 Å². The highest BCUT2D eigenvalue weighted by Gasteiger charge is 2.23. The van der Waals surface area contributed by atoms with Gasteiger partial charge in [0.15, 0.2) is 0 Å². The van der Waals surface area contributed by atoms with Gasteiger partial charge in [-0.05, 0) is 12.1 Å². The number of hydrogen-bond acceptors (Lipinski definition) is 2. The Balaban J connectivity index is 2.61. The van der Waals surface area contributed by atoms with Gasteiger partial charge in [0, 0.05) is 10.0 Å². The first kappa shape index (κ1) is 8.31. The van der Waals surface area contributed by atoms with Crippen LogP contribution in [0.5, 0.6) is 0 Å². The van der Waals surface area contributed by atoms with Crippen molar-refractivity contribution in [3.8, 4) is 0 Å². The van der Waals surface area contributed by atoms with E-state index in [2.05, 4.69) is 21.2 Å². The van der Waals surface area contributed by atoms with Crippen LogP contribution in [0.15, 0.2) is 28.9 Å². The molecule has 2 rings (SSSR count). The summed E-state index contributed by atoms with van der Waals surface area (Å²) in [5.74, 6) is -0.268. The molecule has 66 valence electrons. The van der Waals surface area contributed by atoms with Crippen LogP contribution in [0.4, 0.5) is 5.69 Å². The molecular weight excluding hydrogens is 234 g/mol. The molecule has 0 radical (unpaired) electrons. The van der Waals surface area contributed by atoms with Gasteiger partial charge in [0.1, 0.15) is 0 Å². The van der Waals surface area contributed by atoms with E-state index in [9.17, 15) is 4.79 Å². The number of aliphatic hydroxyl groups is 1. The Morgan fingerprint density at radius 3 is 2.92 bits per heavy atom. The molecule has 1 aromatic carbocycles. The predicted octanol–water partition coefficient (Wildman–Crippen LogP) is 2.30. The smallest absolute Gasteiger partial charge is 0.259 e. The lowest BCUT2D eigenvalue weighted by Gasteiger charge is -1.97. The fourth-order valence-corrected chi connectivity index (χ4v) is 1.66. The second kappa shape index (κ2) is 2.88. The highest BCUT2D eigenvalue weighted by Crippen LogP contribution is 2.33. The zero-order valence-corrected chi connectivity index (χ0v) is 8.13. The fraction of sp³-hybridized carbons (Fsp3) is 0. The highest BCUT2D eigenvalue weighted by atomic mass is 79.9. The maximum Gasteiger partial charge on any atom is 0.259 e. The summed E-state index contributed by atoms with van der Waals surface area (Å²) in [6, 6.07) is 5.39. The Kier molecular flexibility index (Phi) is 1.84. The second-order valence-corrected chi connectivity index (χ2v) is 3.60. The molecule has 1 amide bonds. The maximum atomic E-state index is 11.2. The molecule has 4 heteroatoms. The second-order valence-electron chi connectivity index (χ2n) is 2.69. The van der Waals surface area contributed by atoms with Crippen LogP contribution in [-0.2, 0) is 4.79 Å². The van der Waals surface area contributed by atoms with E-state index in [1.807, 2.05) is 6.07 Å². The zero-order chi connectivity index (χ0) is 9.42. The van der Waals surface area contributed by atoms with Crippen LogP contribution in [0.25, 0.3) is 5.57 Å². The molecule has 0 bridgehead atoms. The molecular formula is C9H6BrNO2. The average molecular weight is 240 g/mol. The molecule has 0 saturated carbocycles. The molecule has 0 aromatic heterocycles. The fourth-order valence-electron chi connectivity index (χ4n) is 1.29. The van der Waals surface area contributed by atoms with E-state index in [4.69, 9.17) is 5.11 Å². The van der Waals surface area contributed by atoms with Gasteiger partial charge in [-0.2, -0.15) is 0 Å². The minimum Gasteiger partial charge on any atom is -0.515 e. The van der Waals surface area contributed by atoms with Crippen LogP contribution in [0.3, 0.4) is 0 Å². The number of benzene rings is 1. The molecule has 0 fully saturated rings. The summed E-state index contributed by atoms with van der Waals surface area (Å²) in [5, 5.41) is 11.5. The van der Waals surface area contributed by atoms with Gasteiger partial charge in [0.25, 0.3) is 5.91 Å². The number of rotatable bonds is 0. The molecule has 1 aromatic rings. The molecule has 1 aliphatic rings. The number of carbonyl (C=O) groups is 1.